The molecular formula is C24H28ClN3O3S. The molecule has 0 saturated carbocycles. The lowest BCUT2D eigenvalue weighted by atomic mass is 9.99. The van der Waals surface area contributed by atoms with Gasteiger partial charge < -0.3 is 15.0 Å². The van der Waals surface area contributed by atoms with E-state index in [0.717, 1.165) is 31.6 Å². The molecule has 32 heavy (non-hydrogen) atoms. The Morgan fingerprint density at radius 3 is 2.59 bits per heavy atom. The topological polar surface area (TPSA) is 82.4 Å². The number of sulfone groups is 1. The van der Waals surface area contributed by atoms with Crippen molar-refractivity contribution < 1.29 is 13.2 Å². The maximum Gasteiger partial charge on any atom is 0.183 e. The van der Waals surface area contributed by atoms with Crippen LogP contribution in [0.2, 0.25) is 5.02 Å². The summed E-state index contributed by atoms with van der Waals surface area (Å²) in [5.41, 5.74) is 1.67. The first-order valence-electron chi connectivity index (χ1n) is 10.9. The molecule has 2 aromatic carbocycles. The van der Waals surface area contributed by atoms with E-state index in [-0.39, 0.29) is 5.25 Å². The predicted molar refractivity (Wildman–Crippen MR) is 125 cm³/mol. The lowest BCUT2D eigenvalue weighted by Gasteiger charge is -2.26. The number of nitrogens with zero attached hydrogens (tertiary/aromatic N) is 2. The molecule has 0 radical (unpaired) electrons. The summed E-state index contributed by atoms with van der Waals surface area (Å²) in [7, 11) is -3.25. The van der Waals surface area contributed by atoms with Crippen molar-refractivity contribution in [3.8, 4) is 11.8 Å². The maximum absolute atomic E-state index is 12.5. The van der Waals surface area contributed by atoms with Crippen LogP contribution < -0.4 is 10.1 Å². The quantitative estimate of drug-likeness (QED) is 0.634. The first-order chi connectivity index (χ1) is 15.3. The highest BCUT2D eigenvalue weighted by Crippen LogP contribution is 2.26. The van der Waals surface area contributed by atoms with Gasteiger partial charge in [0.2, 0.25) is 0 Å². The minimum atomic E-state index is -3.25. The molecule has 2 heterocycles. The third kappa shape index (κ3) is 5.26. The molecule has 2 fully saturated rings. The van der Waals surface area contributed by atoms with Crippen LogP contribution in [-0.2, 0) is 16.3 Å². The van der Waals surface area contributed by atoms with Gasteiger partial charge in [-0.05, 0) is 60.4 Å². The van der Waals surface area contributed by atoms with Gasteiger partial charge in [-0.2, -0.15) is 5.26 Å². The zero-order chi connectivity index (χ0) is 22.7. The maximum atomic E-state index is 12.5. The van der Waals surface area contributed by atoms with Crippen molar-refractivity contribution in [2.75, 3.05) is 39.3 Å². The number of nitrogens with one attached hydrogen (secondary N) is 1. The van der Waals surface area contributed by atoms with Crippen molar-refractivity contribution >= 4 is 21.4 Å². The van der Waals surface area contributed by atoms with Gasteiger partial charge in [-0.15, -0.1) is 0 Å². The van der Waals surface area contributed by atoms with Gasteiger partial charge in [-0.25, -0.2) is 8.42 Å². The van der Waals surface area contributed by atoms with Crippen LogP contribution in [0.4, 0.5) is 0 Å². The molecule has 1 N–H and O–H groups in total. The van der Waals surface area contributed by atoms with Crippen molar-refractivity contribution in [3.05, 3.63) is 58.6 Å². The molecule has 170 valence electrons. The minimum absolute atomic E-state index is 0.321. The molecule has 2 aromatic rings. The molecular weight excluding hydrogens is 446 g/mol. The van der Waals surface area contributed by atoms with Crippen LogP contribution in [0.25, 0.3) is 0 Å². The monoisotopic (exact) mass is 473 g/mol. The molecule has 2 aliphatic rings. The Labute approximate surface area is 195 Å². The van der Waals surface area contributed by atoms with Gasteiger partial charge in [0.1, 0.15) is 5.75 Å². The zero-order valence-corrected chi connectivity index (χ0v) is 19.7. The molecule has 0 aromatic heterocycles. The largest absolute Gasteiger partial charge is 0.493 e. The van der Waals surface area contributed by atoms with E-state index >= 15 is 0 Å². The van der Waals surface area contributed by atoms with Gasteiger partial charge >= 0.3 is 0 Å². The van der Waals surface area contributed by atoms with Gasteiger partial charge in [-0.1, -0.05) is 18.5 Å². The van der Waals surface area contributed by atoms with Crippen LogP contribution in [-0.4, -0.2) is 57.9 Å². The van der Waals surface area contributed by atoms with Gasteiger partial charge in [0.15, 0.2) is 9.84 Å². The highest BCUT2D eigenvalue weighted by Gasteiger charge is 2.32. The second kappa shape index (κ2) is 9.80. The molecule has 0 aliphatic carbocycles. The van der Waals surface area contributed by atoms with Crippen LogP contribution in [0.15, 0.2) is 47.4 Å². The second-order valence-electron chi connectivity index (χ2n) is 8.81. The molecule has 0 bridgehead atoms. The standard InChI is InChI=1S/C24H28ClN3O3S/c1-17-14-28(7-6-18-8-19(11-26)10-21(25)9-18)15-20(17)16-31-22-2-4-23(5-3-22)32(29,30)24-12-27-13-24/h2-5,8-10,17,20,24,27H,6-7,12-16H2,1H3/t17-,20+/m1/s1. The molecule has 0 spiro atoms. The van der Waals surface area contributed by atoms with Crippen LogP contribution in [0.3, 0.4) is 0 Å². The Kier molecular flexibility index (Phi) is 7.06. The fourth-order valence-corrected chi connectivity index (χ4v) is 6.12. The van der Waals surface area contributed by atoms with E-state index in [1.807, 2.05) is 12.1 Å². The highest BCUT2D eigenvalue weighted by atomic mass is 35.5. The Morgan fingerprint density at radius 2 is 1.94 bits per heavy atom. The van der Waals surface area contributed by atoms with Crippen LogP contribution in [0, 0.1) is 23.2 Å². The van der Waals surface area contributed by atoms with Gasteiger partial charge in [0, 0.05) is 43.7 Å². The summed E-state index contributed by atoms with van der Waals surface area (Å²) in [5.74, 6) is 1.62. The lowest BCUT2D eigenvalue weighted by molar-refractivity contribution is 0.225. The number of likely N-dealkylation sites (tertiary alicyclic amines) is 1. The van der Waals surface area contributed by atoms with E-state index in [0.29, 0.717) is 52.8 Å². The molecule has 8 heteroatoms. The summed E-state index contributed by atoms with van der Waals surface area (Å²) in [6.07, 6.45) is 0.849. The summed E-state index contributed by atoms with van der Waals surface area (Å²) in [5, 5.41) is 12.4. The third-order valence-electron chi connectivity index (χ3n) is 6.45. The van der Waals surface area contributed by atoms with E-state index in [1.54, 1.807) is 30.3 Å². The summed E-state index contributed by atoms with van der Waals surface area (Å²) >= 11 is 6.11. The van der Waals surface area contributed by atoms with Crippen LogP contribution >= 0.6 is 11.6 Å². The Hall–Kier alpha value is -2.11. The highest BCUT2D eigenvalue weighted by molar-refractivity contribution is 7.92. The van der Waals surface area contributed by atoms with Crippen molar-refractivity contribution in [2.24, 2.45) is 11.8 Å². The number of hydrogen-bond acceptors (Lipinski definition) is 6. The van der Waals surface area contributed by atoms with Crippen LogP contribution in [0.1, 0.15) is 18.1 Å². The van der Waals surface area contributed by atoms with Crippen molar-refractivity contribution in [1.29, 1.82) is 5.26 Å². The van der Waals surface area contributed by atoms with Gasteiger partial charge in [-0.3, -0.25) is 0 Å². The van der Waals surface area contributed by atoms with Crippen molar-refractivity contribution in [3.63, 3.8) is 0 Å². The zero-order valence-electron chi connectivity index (χ0n) is 18.1. The number of ether oxygens (including phenoxy) is 1. The second-order valence-corrected chi connectivity index (χ2v) is 11.5. The SMILES string of the molecule is C[C@@H]1CN(CCc2cc(Cl)cc(C#N)c2)C[C@H]1COc1ccc(S(=O)(=O)C2CNC2)cc1. The number of nitriles is 1. The van der Waals surface area contributed by atoms with Crippen molar-refractivity contribution in [1.82, 2.24) is 10.2 Å². The molecule has 2 aliphatic heterocycles. The fourth-order valence-electron chi connectivity index (χ4n) is 4.29. The van der Waals surface area contributed by atoms with E-state index in [4.69, 9.17) is 21.6 Å². The number of benzene rings is 2. The molecule has 2 atom stereocenters. The third-order valence-corrected chi connectivity index (χ3v) is 8.80. The lowest BCUT2D eigenvalue weighted by Crippen LogP contribution is -2.51. The van der Waals surface area contributed by atoms with Gasteiger partial charge in [0.25, 0.3) is 0 Å². The summed E-state index contributed by atoms with van der Waals surface area (Å²) < 4.78 is 31.0. The fraction of sp³-hybridized carbons (Fsp3) is 0.458. The van der Waals surface area contributed by atoms with E-state index < -0.39 is 9.84 Å². The van der Waals surface area contributed by atoms with Crippen molar-refractivity contribution in [2.45, 2.75) is 23.5 Å². The Morgan fingerprint density at radius 1 is 1.19 bits per heavy atom. The predicted octanol–water partition coefficient (Wildman–Crippen LogP) is 3.15. The van der Waals surface area contributed by atoms with E-state index in [2.05, 4.69) is 23.2 Å². The average Bonchev–Trinajstić information content (AvgIpc) is 3.08. The average molecular weight is 474 g/mol. The smallest absolute Gasteiger partial charge is 0.183 e. The first-order valence-corrected chi connectivity index (χ1v) is 12.9. The molecule has 6 nitrogen and oxygen atoms in total. The normalized spacial score (nSPS) is 21.8. The summed E-state index contributed by atoms with van der Waals surface area (Å²) in [6.45, 7) is 6.76. The molecule has 0 amide bonds. The number of hydrogen-bond donors (Lipinski definition) is 1. The minimum Gasteiger partial charge on any atom is -0.493 e. The van der Waals surface area contributed by atoms with E-state index in [9.17, 15) is 8.42 Å². The Balaban J connectivity index is 1.27. The molecule has 2 saturated heterocycles. The van der Waals surface area contributed by atoms with Crippen LogP contribution in [0.5, 0.6) is 5.75 Å². The van der Waals surface area contributed by atoms with E-state index in [1.165, 1.54) is 0 Å². The summed E-state index contributed by atoms with van der Waals surface area (Å²) in [4.78, 5) is 2.78. The van der Waals surface area contributed by atoms with Gasteiger partial charge in [0.05, 0.1) is 28.4 Å². The number of halogens is 1. The Bertz CT molecular complexity index is 1090. The molecule has 0 unspecified atom stereocenters. The first kappa shape index (κ1) is 23.1. The number of rotatable bonds is 8. The molecule has 4 rings (SSSR count). The summed E-state index contributed by atoms with van der Waals surface area (Å²) in [6, 6.07) is 14.5.